The van der Waals surface area contributed by atoms with Crippen molar-refractivity contribution in [3.63, 3.8) is 0 Å². The fourth-order valence-corrected chi connectivity index (χ4v) is 3.05. The Morgan fingerprint density at radius 1 is 0.846 bits per heavy atom. The van der Waals surface area contributed by atoms with Crippen molar-refractivity contribution in [3.05, 3.63) is 95.6 Å². The molecule has 4 aromatic rings. The van der Waals surface area contributed by atoms with Crippen LogP contribution in [0.15, 0.2) is 78.9 Å². The van der Waals surface area contributed by atoms with Crippen LogP contribution in [0.25, 0.3) is 11.0 Å². The van der Waals surface area contributed by atoms with Gasteiger partial charge in [0.25, 0.3) is 0 Å². The number of aryl methyl sites for hydroxylation is 1. The lowest BCUT2D eigenvalue weighted by atomic mass is 9.97. The van der Waals surface area contributed by atoms with Gasteiger partial charge in [-0.25, -0.2) is 0 Å². The van der Waals surface area contributed by atoms with Crippen molar-refractivity contribution in [1.82, 2.24) is 15.0 Å². The Labute approximate surface area is 152 Å². The number of nitrogens with zero attached hydrogens (tertiary/aromatic N) is 3. The highest BCUT2D eigenvalue weighted by Crippen LogP contribution is 2.24. The molecule has 3 aromatic carbocycles. The molecule has 0 radical (unpaired) electrons. The Bertz CT molecular complexity index is 1000. The second kappa shape index (κ2) is 6.92. The normalized spacial score (nSPS) is 12.2. The van der Waals surface area contributed by atoms with Crippen molar-refractivity contribution in [1.29, 1.82) is 0 Å². The number of ketones is 1. The van der Waals surface area contributed by atoms with E-state index in [-0.39, 0.29) is 11.8 Å². The third kappa shape index (κ3) is 3.26. The molecule has 0 N–H and O–H groups in total. The number of carbonyl (C=O) groups is 1. The molecular weight excluding hydrogens is 322 g/mol. The van der Waals surface area contributed by atoms with Crippen molar-refractivity contribution in [2.45, 2.75) is 19.4 Å². The van der Waals surface area contributed by atoms with E-state index in [1.165, 1.54) is 5.56 Å². The summed E-state index contributed by atoms with van der Waals surface area (Å²) in [5.74, 6) is 0.0810. The van der Waals surface area contributed by atoms with E-state index in [0.29, 0.717) is 12.0 Å². The molecule has 1 heterocycles. The molecule has 0 aliphatic rings. The molecular formula is C22H19N3O. The molecule has 0 aliphatic carbocycles. The van der Waals surface area contributed by atoms with Crippen molar-refractivity contribution >= 4 is 16.8 Å². The van der Waals surface area contributed by atoms with E-state index in [9.17, 15) is 4.79 Å². The number of Topliss-reactive ketones (excluding diaryl/α,β-unsaturated/α-hetero) is 1. The smallest absolute Gasteiger partial charge is 0.165 e. The van der Waals surface area contributed by atoms with Crippen LogP contribution in [0.2, 0.25) is 0 Å². The third-order valence-electron chi connectivity index (χ3n) is 4.52. The number of hydrogen-bond acceptors (Lipinski definition) is 3. The first-order chi connectivity index (χ1) is 12.7. The molecule has 128 valence electrons. The van der Waals surface area contributed by atoms with E-state index in [2.05, 4.69) is 22.3 Å². The van der Waals surface area contributed by atoms with Gasteiger partial charge >= 0.3 is 0 Å². The molecule has 4 heteroatoms. The molecule has 0 aliphatic heterocycles. The van der Waals surface area contributed by atoms with Gasteiger partial charge < -0.3 is 0 Å². The summed E-state index contributed by atoms with van der Waals surface area (Å²) in [5.41, 5.74) is 4.58. The highest BCUT2D eigenvalue weighted by atomic mass is 16.1. The average Bonchev–Trinajstić information content (AvgIpc) is 3.11. The molecule has 0 spiro atoms. The Balaban J connectivity index is 1.74. The molecule has 4 rings (SSSR count). The van der Waals surface area contributed by atoms with E-state index in [4.69, 9.17) is 0 Å². The second-order valence-electron chi connectivity index (χ2n) is 6.43. The van der Waals surface area contributed by atoms with Crippen LogP contribution in [0.5, 0.6) is 0 Å². The van der Waals surface area contributed by atoms with Crippen LogP contribution in [0.4, 0.5) is 0 Å². The van der Waals surface area contributed by atoms with Gasteiger partial charge in [-0.15, -0.1) is 0 Å². The molecule has 0 fully saturated rings. The van der Waals surface area contributed by atoms with Crippen LogP contribution in [-0.2, 0) is 0 Å². The van der Waals surface area contributed by atoms with Crippen LogP contribution in [0.1, 0.15) is 33.9 Å². The molecule has 0 saturated carbocycles. The van der Waals surface area contributed by atoms with Crippen molar-refractivity contribution in [3.8, 4) is 0 Å². The zero-order chi connectivity index (χ0) is 17.9. The first-order valence-electron chi connectivity index (χ1n) is 8.67. The van der Waals surface area contributed by atoms with Crippen LogP contribution >= 0.6 is 0 Å². The Kier molecular flexibility index (Phi) is 4.32. The lowest BCUT2D eigenvalue weighted by Gasteiger charge is -2.16. The highest BCUT2D eigenvalue weighted by molar-refractivity contribution is 5.96. The van der Waals surface area contributed by atoms with Gasteiger partial charge in [0.15, 0.2) is 5.78 Å². The van der Waals surface area contributed by atoms with Gasteiger partial charge in [0.05, 0.1) is 0 Å². The zero-order valence-corrected chi connectivity index (χ0v) is 14.5. The fraction of sp³-hybridized carbons (Fsp3) is 0.136. The Hall–Kier alpha value is -3.27. The van der Waals surface area contributed by atoms with Crippen molar-refractivity contribution < 1.29 is 4.79 Å². The summed E-state index contributed by atoms with van der Waals surface area (Å²) in [6.45, 7) is 2.05. The van der Waals surface area contributed by atoms with E-state index in [1.54, 1.807) is 4.80 Å². The van der Waals surface area contributed by atoms with Gasteiger partial charge in [-0.1, -0.05) is 72.3 Å². The van der Waals surface area contributed by atoms with Gasteiger partial charge in [0.1, 0.15) is 17.1 Å². The van der Waals surface area contributed by atoms with E-state index in [1.807, 2.05) is 73.7 Å². The highest BCUT2D eigenvalue weighted by Gasteiger charge is 2.21. The lowest BCUT2D eigenvalue weighted by Crippen LogP contribution is -2.18. The van der Waals surface area contributed by atoms with Gasteiger partial charge in [0, 0.05) is 12.0 Å². The maximum absolute atomic E-state index is 12.8. The SMILES string of the molecule is Cc1ccc([C@@H](CC(=O)c2ccccc2)n2nc3ccccc3n2)cc1. The maximum atomic E-state index is 12.8. The summed E-state index contributed by atoms with van der Waals surface area (Å²) >= 11 is 0. The molecule has 0 saturated heterocycles. The van der Waals surface area contributed by atoms with Crippen LogP contribution in [0.3, 0.4) is 0 Å². The van der Waals surface area contributed by atoms with Gasteiger partial charge in [0.2, 0.25) is 0 Å². The molecule has 0 unspecified atom stereocenters. The molecule has 26 heavy (non-hydrogen) atoms. The summed E-state index contributed by atoms with van der Waals surface area (Å²) < 4.78 is 0. The zero-order valence-electron chi connectivity index (χ0n) is 14.5. The largest absolute Gasteiger partial charge is 0.294 e. The molecule has 0 bridgehead atoms. The minimum absolute atomic E-state index is 0.0810. The first kappa shape index (κ1) is 16.2. The van der Waals surface area contributed by atoms with E-state index in [0.717, 1.165) is 16.6 Å². The van der Waals surface area contributed by atoms with Crippen molar-refractivity contribution in [2.75, 3.05) is 0 Å². The predicted octanol–water partition coefficient (Wildman–Crippen LogP) is 4.60. The molecule has 0 amide bonds. The minimum Gasteiger partial charge on any atom is -0.294 e. The first-order valence-corrected chi connectivity index (χ1v) is 8.67. The lowest BCUT2D eigenvalue weighted by molar-refractivity contribution is 0.0965. The second-order valence-corrected chi connectivity index (χ2v) is 6.43. The number of carbonyl (C=O) groups excluding carboxylic acids is 1. The molecule has 1 atom stereocenters. The number of hydrogen-bond donors (Lipinski definition) is 0. The monoisotopic (exact) mass is 341 g/mol. The number of aromatic nitrogens is 3. The molecule has 1 aromatic heterocycles. The van der Waals surface area contributed by atoms with E-state index < -0.39 is 0 Å². The minimum atomic E-state index is -0.240. The van der Waals surface area contributed by atoms with Gasteiger partial charge in [-0.2, -0.15) is 15.0 Å². The number of fused-ring (bicyclic) bond motifs is 1. The predicted molar refractivity (Wildman–Crippen MR) is 102 cm³/mol. The van der Waals surface area contributed by atoms with E-state index >= 15 is 0 Å². The topological polar surface area (TPSA) is 47.8 Å². The Morgan fingerprint density at radius 2 is 1.42 bits per heavy atom. The quantitative estimate of drug-likeness (QED) is 0.498. The summed E-state index contributed by atoms with van der Waals surface area (Å²) in [6.07, 6.45) is 0.314. The summed E-state index contributed by atoms with van der Waals surface area (Å²) in [5, 5.41) is 9.22. The van der Waals surface area contributed by atoms with Gasteiger partial charge in [-0.3, -0.25) is 4.79 Å². The van der Waals surface area contributed by atoms with Crippen LogP contribution in [0, 0.1) is 6.92 Å². The van der Waals surface area contributed by atoms with Gasteiger partial charge in [-0.05, 0) is 24.6 Å². The van der Waals surface area contributed by atoms with Crippen molar-refractivity contribution in [2.24, 2.45) is 0 Å². The van der Waals surface area contributed by atoms with Crippen LogP contribution in [-0.4, -0.2) is 20.8 Å². The number of rotatable bonds is 5. The average molecular weight is 341 g/mol. The van der Waals surface area contributed by atoms with Crippen LogP contribution < -0.4 is 0 Å². The maximum Gasteiger partial charge on any atom is 0.165 e. The summed E-state index contributed by atoms with van der Waals surface area (Å²) in [4.78, 5) is 14.5. The summed E-state index contributed by atoms with van der Waals surface area (Å²) in [6, 6.07) is 25.1. The summed E-state index contributed by atoms with van der Waals surface area (Å²) in [7, 11) is 0. The molecule has 4 nitrogen and oxygen atoms in total. The Morgan fingerprint density at radius 3 is 2.04 bits per heavy atom. The number of benzene rings is 3. The third-order valence-corrected chi connectivity index (χ3v) is 4.52. The standard InChI is InChI=1S/C22H19N3O/c1-16-11-13-17(14-12-16)21(15-22(26)18-7-3-2-4-8-18)25-23-19-9-5-6-10-20(19)24-25/h2-14,21H,15H2,1H3/t21-/m1/s1. The fourth-order valence-electron chi connectivity index (χ4n) is 3.05.